The third kappa shape index (κ3) is 4.38. The average molecular weight is 422 g/mol. The van der Waals surface area contributed by atoms with Crippen molar-refractivity contribution in [3.05, 3.63) is 34.9 Å². The minimum atomic E-state index is -0.606. The first-order valence-electron chi connectivity index (χ1n) is 10.4. The van der Waals surface area contributed by atoms with Gasteiger partial charge in [-0.05, 0) is 43.5 Å². The van der Waals surface area contributed by atoms with Gasteiger partial charge >= 0.3 is 12.0 Å². The van der Waals surface area contributed by atoms with Gasteiger partial charge < -0.3 is 15.0 Å². The molecule has 1 spiro atoms. The molecular formula is C22H32ClN3O3. The van der Waals surface area contributed by atoms with Crippen molar-refractivity contribution in [1.82, 2.24) is 15.1 Å². The molecule has 1 unspecified atom stereocenters. The molecule has 1 aromatic carbocycles. The van der Waals surface area contributed by atoms with E-state index in [1.807, 2.05) is 30.9 Å². The number of amides is 2. The highest BCUT2D eigenvalue weighted by molar-refractivity contribution is 6.30. The maximum absolute atomic E-state index is 12.8. The quantitative estimate of drug-likeness (QED) is 0.736. The standard InChI is InChI=1S/C22H32ClN3O3/c1-5-15(2)18(20(27)29-4)24-21(28)26-12-10-22(11-13-26)14-25(3)19(22)16-6-8-17(23)9-7-16/h6-9,15,18-19H,5,10-14H2,1-4H3,(H,24,28)/t15-,18-,19?/m0/s1. The van der Waals surface area contributed by atoms with Crippen LogP contribution in [-0.4, -0.2) is 61.6 Å². The van der Waals surface area contributed by atoms with Crippen LogP contribution in [0.2, 0.25) is 5.02 Å². The van der Waals surface area contributed by atoms with Crippen LogP contribution in [0, 0.1) is 11.3 Å². The predicted molar refractivity (Wildman–Crippen MR) is 114 cm³/mol. The fourth-order valence-electron chi connectivity index (χ4n) is 4.89. The Morgan fingerprint density at radius 1 is 1.28 bits per heavy atom. The highest BCUT2D eigenvalue weighted by Gasteiger charge is 2.52. The minimum absolute atomic E-state index is 0.0251. The number of halogens is 1. The number of benzene rings is 1. The number of likely N-dealkylation sites (tertiary alicyclic amines) is 2. The first kappa shape index (κ1) is 21.9. The smallest absolute Gasteiger partial charge is 0.328 e. The van der Waals surface area contributed by atoms with Crippen molar-refractivity contribution >= 4 is 23.6 Å². The Labute approximate surface area is 178 Å². The van der Waals surface area contributed by atoms with Gasteiger partial charge in [-0.15, -0.1) is 0 Å². The first-order chi connectivity index (χ1) is 13.8. The third-order valence-electron chi connectivity index (χ3n) is 6.76. The van der Waals surface area contributed by atoms with E-state index in [2.05, 4.69) is 29.4 Å². The van der Waals surface area contributed by atoms with Crippen molar-refractivity contribution in [3.63, 3.8) is 0 Å². The molecule has 29 heavy (non-hydrogen) atoms. The lowest BCUT2D eigenvalue weighted by atomic mass is 9.63. The Hall–Kier alpha value is -1.79. The third-order valence-corrected chi connectivity index (χ3v) is 7.02. The summed E-state index contributed by atoms with van der Waals surface area (Å²) < 4.78 is 4.88. The van der Waals surface area contributed by atoms with Crippen LogP contribution in [0.1, 0.15) is 44.7 Å². The lowest BCUT2D eigenvalue weighted by Crippen LogP contribution is -2.62. The summed E-state index contributed by atoms with van der Waals surface area (Å²) >= 11 is 6.05. The van der Waals surface area contributed by atoms with Gasteiger partial charge in [-0.2, -0.15) is 0 Å². The molecule has 3 atom stereocenters. The van der Waals surface area contributed by atoms with E-state index in [9.17, 15) is 9.59 Å². The number of ether oxygens (including phenoxy) is 1. The Morgan fingerprint density at radius 2 is 1.90 bits per heavy atom. The number of piperidine rings is 1. The highest BCUT2D eigenvalue weighted by atomic mass is 35.5. The molecular weight excluding hydrogens is 390 g/mol. The summed E-state index contributed by atoms with van der Waals surface area (Å²) in [5, 5.41) is 3.64. The van der Waals surface area contributed by atoms with Gasteiger partial charge in [-0.3, -0.25) is 4.90 Å². The normalized spacial score (nSPS) is 23.2. The van der Waals surface area contributed by atoms with Gasteiger partial charge in [-0.1, -0.05) is 44.0 Å². The number of methoxy groups -OCH3 is 1. The molecule has 2 aliphatic rings. The average Bonchev–Trinajstić information content (AvgIpc) is 2.72. The van der Waals surface area contributed by atoms with E-state index < -0.39 is 6.04 Å². The number of carbonyl (C=O) groups excluding carboxylic acids is 2. The van der Waals surface area contributed by atoms with Gasteiger partial charge in [-0.25, -0.2) is 9.59 Å². The molecule has 3 rings (SSSR count). The zero-order chi connectivity index (χ0) is 21.2. The summed E-state index contributed by atoms with van der Waals surface area (Å²) in [5.41, 5.74) is 1.47. The second-order valence-electron chi connectivity index (χ2n) is 8.55. The maximum Gasteiger partial charge on any atom is 0.328 e. The Morgan fingerprint density at radius 3 is 2.41 bits per heavy atom. The van der Waals surface area contributed by atoms with Gasteiger partial charge in [0.25, 0.3) is 0 Å². The predicted octanol–water partition coefficient (Wildman–Crippen LogP) is 3.71. The van der Waals surface area contributed by atoms with Crippen molar-refractivity contribution in [2.45, 2.75) is 45.2 Å². The summed E-state index contributed by atoms with van der Waals surface area (Å²) in [4.78, 5) is 29.1. The van der Waals surface area contributed by atoms with Crippen LogP contribution in [0.4, 0.5) is 4.79 Å². The lowest BCUT2D eigenvalue weighted by molar-refractivity contribution is -0.144. The monoisotopic (exact) mass is 421 g/mol. The van der Waals surface area contributed by atoms with E-state index >= 15 is 0 Å². The number of nitrogens with one attached hydrogen (secondary N) is 1. The molecule has 2 heterocycles. The van der Waals surface area contributed by atoms with E-state index in [1.165, 1.54) is 12.7 Å². The summed E-state index contributed by atoms with van der Waals surface area (Å²) in [6.07, 6.45) is 2.69. The van der Waals surface area contributed by atoms with Gasteiger partial charge in [0, 0.05) is 36.1 Å². The minimum Gasteiger partial charge on any atom is -0.467 e. The van der Waals surface area contributed by atoms with E-state index in [4.69, 9.17) is 16.3 Å². The molecule has 1 N–H and O–H groups in total. The van der Waals surface area contributed by atoms with E-state index in [1.54, 1.807) is 0 Å². The fraction of sp³-hybridized carbons (Fsp3) is 0.636. The summed E-state index contributed by atoms with van der Waals surface area (Å²) in [6.45, 7) is 6.37. The summed E-state index contributed by atoms with van der Waals surface area (Å²) in [6, 6.07) is 7.68. The summed E-state index contributed by atoms with van der Waals surface area (Å²) in [7, 11) is 3.51. The van der Waals surface area contributed by atoms with Crippen LogP contribution in [0.25, 0.3) is 0 Å². The molecule has 160 valence electrons. The lowest BCUT2D eigenvalue weighted by Gasteiger charge is -2.59. The Kier molecular flexibility index (Phi) is 6.74. The number of hydrogen-bond acceptors (Lipinski definition) is 4. The van der Waals surface area contributed by atoms with Crippen molar-refractivity contribution in [2.75, 3.05) is 33.8 Å². The van der Waals surface area contributed by atoms with Crippen molar-refractivity contribution in [3.8, 4) is 0 Å². The van der Waals surface area contributed by atoms with Crippen molar-refractivity contribution in [2.24, 2.45) is 11.3 Å². The highest BCUT2D eigenvalue weighted by Crippen LogP contribution is 2.54. The maximum atomic E-state index is 12.8. The van der Waals surface area contributed by atoms with Crippen LogP contribution in [0.3, 0.4) is 0 Å². The molecule has 0 bridgehead atoms. The molecule has 1 aromatic rings. The molecule has 0 saturated carbocycles. The molecule has 0 aromatic heterocycles. The van der Waals surface area contributed by atoms with Gasteiger partial charge in [0.1, 0.15) is 6.04 Å². The second-order valence-corrected chi connectivity index (χ2v) is 8.99. The van der Waals surface area contributed by atoms with E-state index in [0.29, 0.717) is 19.1 Å². The largest absolute Gasteiger partial charge is 0.467 e. The zero-order valence-corrected chi connectivity index (χ0v) is 18.5. The van der Waals surface area contributed by atoms with Crippen LogP contribution >= 0.6 is 11.6 Å². The molecule has 2 saturated heterocycles. The number of nitrogens with zero attached hydrogens (tertiary/aromatic N) is 2. The molecule has 7 heteroatoms. The van der Waals surface area contributed by atoms with Crippen LogP contribution in [0.5, 0.6) is 0 Å². The number of hydrogen-bond donors (Lipinski definition) is 1. The summed E-state index contributed by atoms with van der Waals surface area (Å²) in [5.74, 6) is -0.360. The molecule has 0 radical (unpaired) electrons. The Bertz CT molecular complexity index is 731. The van der Waals surface area contributed by atoms with Gasteiger partial charge in [0.15, 0.2) is 0 Å². The number of carbonyl (C=O) groups is 2. The van der Waals surface area contributed by atoms with E-state index in [-0.39, 0.29) is 23.3 Å². The Balaban J connectivity index is 1.63. The topological polar surface area (TPSA) is 61.9 Å². The molecule has 2 aliphatic heterocycles. The molecule has 2 amide bonds. The SMILES string of the molecule is CC[C@H](C)[C@H](NC(=O)N1CCC2(CC1)CN(C)C2c1ccc(Cl)cc1)C(=O)OC. The molecule has 0 aliphatic carbocycles. The fourth-order valence-corrected chi connectivity index (χ4v) is 5.02. The van der Waals surface area contributed by atoms with Crippen LogP contribution in [-0.2, 0) is 9.53 Å². The van der Waals surface area contributed by atoms with E-state index in [0.717, 1.165) is 30.8 Å². The zero-order valence-electron chi connectivity index (χ0n) is 17.8. The van der Waals surface area contributed by atoms with Crippen molar-refractivity contribution < 1.29 is 14.3 Å². The molecule has 2 fully saturated rings. The van der Waals surface area contributed by atoms with Gasteiger partial charge in [0.05, 0.1) is 7.11 Å². The van der Waals surface area contributed by atoms with Crippen LogP contribution < -0.4 is 5.32 Å². The van der Waals surface area contributed by atoms with Crippen molar-refractivity contribution in [1.29, 1.82) is 0 Å². The molecule has 6 nitrogen and oxygen atoms in total. The number of urea groups is 1. The first-order valence-corrected chi connectivity index (χ1v) is 10.8. The van der Waals surface area contributed by atoms with Gasteiger partial charge in [0.2, 0.25) is 0 Å². The number of esters is 1. The van der Waals surface area contributed by atoms with Crippen LogP contribution in [0.15, 0.2) is 24.3 Å². The second kappa shape index (κ2) is 8.92. The number of rotatable bonds is 5.